The SMILES string of the molecule is O=C(O)CCCCNC(=O)c1cnn(-c2ccccc2)c1. The van der Waals surface area contributed by atoms with Gasteiger partial charge < -0.3 is 10.4 Å². The number of benzene rings is 1. The Morgan fingerprint density at radius 1 is 1.19 bits per heavy atom. The monoisotopic (exact) mass is 287 g/mol. The Balaban J connectivity index is 1.84. The molecule has 0 radical (unpaired) electrons. The molecule has 0 saturated heterocycles. The van der Waals surface area contributed by atoms with E-state index in [2.05, 4.69) is 10.4 Å². The highest BCUT2D eigenvalue weighted by atomic mass is 16.4. The average molecular weight is 287 g/mol. The Bertz CT molecular complexity index is 608. The Morgan fingerprint density at radius 2 is 1.95 bits per heavy atom. The summed E-state index contributed by atoms with van der Waals surface area (Å²) < 4.78 is 1.64. The van der Waals surface area contributed by atoms with Crippen molar-refractivity contribution in [3.63, 3.8) is 0 Å². The van der Waals surface area contributed by atoms with E-state index in [9.17, 15) is 9.59 Å². The first-order valence-electron chi connectivity index (χ1n) is 6.77. The molecule has 0 aliphatic rings. The van der Waals surface area contributed by atoms with Gasteiger partial charge in [-0.15, -0.1) is 0 Å². The molecule has 1 heterocycles. The summed E-state index contributed by atoms with van der Waals surface area (Å²) in [6.07, 6.45) is 4.51. The summed E-state index contributed by atoms with van der Waals surface area (Å²) in [5.41, 5.74) is 1.37. The number of amides is 1. The molecule has 21 heavy (non-hydrogen) atoms. The molecule has 6 nitrogen and oxygen atoms in total. The predicted molar refractivity (Wildman–Crippen MR) is 77.4 cm³/mol. The number of carboxylic acid groups (broad SMARTS) is 1. The Hall–Kier alpha value is -2.63. The number of hydrogen-bond donors (Lipinski definition) is 2. The molecule has 0 aliphatic heterocycles. The lowest BCUT2D eigenvalue weighted by Crippen LogP contribution is -2.24. The van der Waals surface area contributed by atoms with E-state index in [0.717, 1.165) is 5.69 Å². The van der Waals surface area contributed by atoms with Crippen LogP contribution < -0.4 is 5.32 Å². The maximum absolute atomic E-state index is 11.9. The van der Waals surface area contributed by atoms with Gasteiger partial charge in [-0.3, -0.25) is 9.59 Å². The van der Waals surface area contributed by atoms with Crippen molar-refractivity contribution in [1.82, 2.24) is 15.1 Å². The van der Waals surface area contributed by atoms with E-state index in [0.29, 0.717) is 24.9 Å². The fourth-order valence-corrected chi connectivity index (χ4v) is 1.87. The van der Waals surface area contributed by atoms with Crippen LogP contribution in [0.5, 0.6) is 0 Å². The normalized spacial score (nSPS) is 10.3. The summed E-state index contributed by atoms with van der Waals surface area (Å²) in [4.78, 5) is 22.3. The van der Waals surface area contributed by atoms with Crippen molar-refractivity contribution >= 4 is 11.9 Å². The first-order chi connectivity index (χ1) is 10.2. The number of carboxylic acids is 1. The van der Waals surface area contributed by atoms with E-state index >= 15 is 0 Å². The summed E-state index contributed by atoms with van der Waals surface area (Å²) >= 11 is 0. The van der Waals surface area contributed by atoms with Crippen molar-refractivity contribution in [3.05, 3.63) is 48.3 Å². The van der Waals surface area contributed by atoms with Gasteiger partial charge in [-0.1, -0.05) is 18.2 Å². The number of aromatic nitrogens is 2. The molecule has 0 unspecified atom stereocenters. The second kappa shape index (κ2) is 7.23. The Morgan fingerprint density at radius 3 is 2.67 bits per heavy atom. The molecule has 2 aromatic rings. The van der Waals surface area contributed by atoms with E-state index in [1.165, 1.54) is 6.20 Å². The molecular formula is C15H17N3O3. The topological polar surface area (TPSA) is 84.2 Å². The van der Waals surface area contributed by atoms with E-state index in [4.69, 9.17) is 5.11 Å². The second-order valence-electron chi connectivity index (χ2n) is 4.62. The van der Waals surface area contributed by atoms with Gasteiger partial charge in [-0.05, 0) is 25.0 Å². The van der Waals surface area contributed by atoms with Gasteiger partial charge >= 0.3 is 5.97 Å². The molecule has 0 aliphatic carbocycles. The minimum Gasteiger partial charge on any atom is -0.481 e. The number of para-hydroxylation sites is 1. The molecule has 2 rings (SSSR count). The molecule has 0 spiro atoms. The third-order valence-electron chi connectivity index (χ3n) is 2.97. The van der Waals surface area contributed by atoms with Gasteiger partial charge in [0, 0.05) is 19.2 Å². The minimum atomic E-state index is -0.814. The van der Waals surface area contributed by atoms with E-state index in [1.54, 1.807) is 10.9 Å². The van der Waals surface area contributed by atoms with Gasteiger partial charge in [0.25, 0.3) is 5.91 Å². The lowest BCUT2D eigenvalue weighted by Gasteiger charge is -2.02. The summed E-state index contributed by atoms with van der Waals surface area (Å²) in [5, 5.41) is 15.4. The number of hydrogen-bond acceptors (Lipinski definition) is 3. The van der Waals surface area contributed by atoms with Crippen LogP contribution in [0.15, 0.2) is 42.7 Å². The lowest BCUT2D eigenvalue weighted by molar-refractivity contribution is -0.137. The van der Waals surface area contributed by atoms with Crippen molar-refractivity contribution in [3.8, 4) is 5.69 Å². The number of nitrogens with zero attached hydrogens (tertiary/aromatic N) is 2. The maximum atomic E-state index is 11.9. The van der Waals surface area contributed by atoms with Gasteiger partial charge in [0.15, 0.2) is 0 Å². The standard InChI is InChI=1S/C15H17N3O3/c19-14(20)8-4-5-9-16-15(21)12-10-17-18(11-12)13-6-2-1-3-7-13/h1-3,6-7,10-11H,4-5,8-9H2,(H,16,21)(H,19,20). The van der Waals surface area contributed by atoms with Crippen LogP contribution in [-0.2, 0) is 4.79 Å². The smallest absolute Gasteiger partial charge is 0.303 e. The second-order valence-corrected chi connectivity index (χ2v) is 4.62. The average Bonchev–Trinajstić information content (AvgIpc) is 2.97. The predicted octanol–water partition coefficient (Wildman–Crippen LogP) is 1.86. The Labute approximate surface area is 122 Å². The first-order valence-corrected chi connectivity index (χ1v) is 6.77. The number of unbranched alkanes of at least 4 members (excludes halogenated alkanes) is 1. The van der Waals surface area contributed by atoms with E-state index in [-0.39, 0.29) is 12.3 Å². The van der Waals surface area contributed by atoms with Crippen molar-refractivity contribution in [1.29, 1.82) is 0 Å². The zero-order chi connectivity index (χ0) is 15.1. The molecule has 0 bridgehead atoms. The molecule has 0 fully saturated rings. The largest absolute Gasteiger partial charge is 0.481 e. The van der Waals surface area contributed by atoms with Crippen molar-refractivity contribution in [2.75, 3.05) is 6.54 Å². The molecule has 0 saturated carbocycles. The van der Waals surface area contributed by atoms with Crippen LogP contribution in [0.1, 0.15) is 29.6 Å². The summed E-state index contributed by atoms with van der Waals surface area (Å²) in [6.45, 7) is 0.461. The van der Waals surface area contributed by atoms with Gasteiger partial charge in [0.1, 0.15) is 0 Å². The first kappa shape index (κ1) is 14.8. The number of aliphatic carboxylic acids is 1. The van der Waals surface area contributed by atoms with Crippen LogP contribution in [0.2, 0.25) is 0 Å². The van der Waals surface area contributed by atoms with Gasteiger partial charge in [-0.25, -0.2) is 4.68 Å². The highest BCUT2D eigenvalue weighted by molar-refractivity contribution is 5.93. The molecule has 2 N–H and O–H groups in total. The van der Waals surface area contributed by atoms with Crippen LogP contribution in [0.3, 0.4) is 0 Å². The molecular weight excluding hydrogens is 270 g/mol. The fourth-order valence-electron chi connectivity index (χ4n) is 1.87. The lowest BCUT2D eigenvalue weighted by atomic mass is 10.2. The van der Waals surface area contributed by atoms with Crippen LogP contribution in [0.25, 0.3) is 5.69 Å². The third kappa shape index (κ3) is 4.45. The molecule has 1 aromatic heterocycles. The number of carbonyl (C=O) groups is 2. The van der Waals surface area contributed by atoms with Crippen LogP contribution in [0, 0.1) is 0 Å². The highest BCUT2D eigenvalue weighted by Crippen LogP contribution is 2.07. The van der Waals surface area contributed by atoms with Gasteiger partial charge in [0.05, 0.1) is 17.4 Å². The molecule has 110 valence electrons. The summed E-state index contributed by atoms with van der Waals surface area (Å²) in [5.74, 6) is -1.02. The number of carbonyl (C=O) groups excluding carboxylic acids is 1. The van der Waals surface area contributed by atoms with Crippen LogP contribution in [0.4, 0.5) is 0 Å². The quantitative estimate of drug-likeness (QED) is 0.761. The highest BCUT2D eigenvalue weighted by Gasteiger charge is 2.08. The fraction of sp³-hybridized carbons (Fsp3) is 0.267. The molecule has 1 amide bonds. The van der Waals surface area contributed by atoms with Crippen molar-refractivity contribution in [2.45, 2.75) is 19.3 Å². The Kier molecular flexibility index (Phi) is 5.09. The van der Waals surface area contributed by atoms with Crippen LogP contribution >= 0.6 is 0 Å². The van der Waals surface area contributed by atoms with Crippen molar-refractivity contribution < 1.29 is 14.7 Å². The van der Waals surface area contributed by atoms with Crippen molar-refractivity contribution in [2.24, 2.45) is 0 Å². The summed E-state index contributed by atoms with van der Waals surface area (Å²) in [6, 6.07) is 9.53. The van der Waals surface area contributed by atoms with E-state index in [1.807, 2.05) is 30.3 Å². The number of rotatable bonds is 7. The van der Waals surface area contributed by atoms with Gasteiger partial charge in [0.2, 0.25) is 0 Å². The molecule has 6 heteroatoms. The zero-order valence-corrected chi connectivity index (χ0v) is 11.5. The van der Waals surface area contributed by atoms with E-state index < -0.39 is 5.97 Å². The minimum absolute atomic E-state index is 0.127. The van der Waals surface area contributed by atoms with Crippen LogP contribution in [-0.4, -0.2) is 33.3 Å². The summed E-state index contributed by atoms with van der Waals surface area (Å²) in [7, 11) is 0. The maximum Gasteiger partial charge on any atom is 0.303 e. The third-order valence-corrected chi connectivity index (χ3v) is 2.97. The molecule has 0 atom stereocenters. The number of nitrogens with one attached hydrogen (secondary N) is 1. The van der Waals surface area contributed by atoms with Gasteiger partial charge in [-0.2, -0.15) is 5.10 Å². The molecule has 1 aromatic carbocycles. The zero-order valence-electron chi connectivity index (χ0n) is 11.5.